The zero-order valence-electron chi connectivity index (χ0n) is 17.2. The highest BCUT2D eigenvalue weighted by Crippen LogP contribution is 2.35. The maximum Gasteiger partial charge on any atom is 0.573 e. The number of hydrogen-bond acceptors (Lipinski definition) is 6. The molecular formula is C20H12Br2F6N4O3. The van der Waals surface area contributed by atoms with E-state index < -0.39 is 35.3 Å². The Morgan fingerprint density at radius 2 is 1.69 bits per heavy atom. The van der Waals surface area contributed by atoms with Crippen molar-refractivity contribution < 1.29 is 40.6 Å². The van der Waals surface area contributed by atoms with E-state index in [2.05, 4.69) is 57.2 Å². The number of methoxy groups -OCH3 is 1. The average molecular weight is 630 g/mol. The van der Waals surface area contributed by atoms with E-state index >= 15 is 0 Å². The summed E-state index contributed by atoms with van der Waals surface area (Å²) in [5.74, 6) is -1.57. The Hall–Kier alpha value is -3.07. The number of carbonyl (C=O) groups excluding carboxylic acids is 1. The predicted octanol–water partition coefficient (Wildman–Crippen LogP) is 6.92. The van der Waals surface area contributed by atoms with Crippen molar-refractivity contribution >= 4 is 55.0 Å². The van der Waals surface area contributed by atoms with Gasteiger partial charge >= 0.3 is 12.5 Å². The number of alkyl halides is 6. The van der Waals surface area contributed by atoms with Crippen molar-refractivity contribution in [2.24, 2.45) is 0 Å². The summed E-state index contributed by atoms with van der Waals surface area (Å²) in [6, 6.07) is 6.55. The van der Waals surface area contributed by atoms with Crippen LogP contribution in [-0.4, -0.2) is 29.3 Å². The van der Waals surface area contributed by atoms with Crippen molar-refractivity contribution in [3.8, 4) is 11.6 Å². The summed E-state index contributed by atoms with van der Waals surface area (Å²) in [5, 5.41) is 5.06. The standard InChI is InChI=1S/C20H12Br2F6N4O3/c1-34-15-5-4-14(16(22)32-15)31-18(33)11-6-9(19(23,24)25)8-29-17(11)30-13-3-2-10(7-12(13)21)35-20(26,27)28/h2-8H,1H3,(H,29,30)(H,31,33). The first-order valence-electron chi connectivity index (χ1n) is 9.18. The molecule has 0 spiro atoms. The smallest absolute Gasteiger partial charge is 0.481 e. The maximum atomic E-state index is 13.3. The van der Waals surface area contributed by atoms with E-state index in [1.165, 1.54) is 19.2 Å². The number of benzene rings is 1. The lowest BCUT2D eigenvalue weighted by atomic mass is 10.1. The van der Waals surface area contributed by atoms with Crippen molar-refractivity contribution in [3.63, 3.8) is 0 Å². The first kappa shape index (κ1) is 26.5. The molecule has 2 N–H and O–H groups in total. The molecular weight excluding hydrogens is 618 g/mol. The van der Waals surface area contributed by atoms with Gasteiger partial charge in [0.2, 0.25) is 5.88 Å². The number of anilines is 3. The number of amides is 1. The second-order valence-corrected chi connectivity index (χ2v) is 8.18. The van der Waals surface area contributed by atoms with Crippen molar-refractivity contribution in [1.82, 2.24) is 9.97 Å². The number of ether oxygens (including phenoxy) is 2. The van der Waals surface area contributed by atoms with E-state index in [1.54, 1.807) is 0 Å². The molecule has 3 aromatic rings. The summed E-state index contributed by atoms with van der Waals surface area (Å²) in [7, 11) is 1.37. The van der Waals surface area contributed by atoms with Crippen LogP contribution >= 0.6 is 31.9 Å². The number of aromatic nitrogens is 2. The fourth-order valence-electron chi connectivity index (χ4n) is 2.63. The number of nitrogens with zero attached hydrogens (tertiary/aromatic N) is 2. The quantitative estimate of drug-likeness (QED) is 0.227. The van der Waals surface area contributed by atoms with Crippen LogP contribution in [0.2, 0.25) is 0 Å². The van der Waals surface area contributed by atoms with Gasteiger partial charge in [-0.3, -0.25) is 4.79 Å². The molecule has 0 unspecified atom stereocenters. The third kappa shape index (κ3) is 6.97. The lowest BCUT2D eigenvalue weighted by Gasteiger charge is -2.16. The summed E-state index contributed by atoms with van der Waals surface area (Å²) >= 11 is 6.18. The summed E-state index contributed by atoms with van der Waals surface area (Å²) in [4.78, 5) is 20.6. The van der Waals surface area contributed by atoms with E-state index in [9.17, 15) is 31.1 Å². The first-order chi connectivity index (χ1) is 16.3. The second-order valence-electron chi connectivity index (χ2n) is 6.58. The SMILES string of the molecule is COc1ccc(NC(=O)c2cc(C(F)(F)F)cnc2Nc2ccc(OC(F)(F)F)cc2Br)c(Br)n1. The van der Waals surface area contributed by atoms with Gasteiger partial charge in [-0.25, -0.2) is 9.97 Å². The van der Waals surface area contributed by atoms with E-state index in [4.69, 9.17) is 4.74 Å². The van der Waals surface area contributed by atoms with Gasteiger partial charge in [-0.15, -0.1) is 13.2 Å². The van der Waals surface area contributed by atoms with Gasteiger partial charge in [0.25, 0.3) is 5.91 Å². The summed E-state index contributed by atoms with van der Waals surface area (Å²) in [5.41, 5.74) is -1.44. The van der Waals surface area contributed by atoms with Crippen LogP contribution in [0.3, 0.4) is 0 Å². The third-order valence-electron chi connectivity index (χ3n) is 4.17. The molecule has 0 aliphatic rings. The van der Waals surface area contributed by atoms with E-state index in [-0.39, 0.29) is 32.1 Å². The molecule has 2 aromatic heterocycles. The highest BCUT2D eigenvalue weighted by Gasteiger charge is 2.33. The molecule has 2 heterocycles. The fourth-order valence-corrected chi connectivity index (χ4v) is 3.49. The van der Waals surface area contributed by atoms with Crippen molar-refractivity contribution in [2.75, 3.05) is 17.7 Å². The largest absolute Gasteiger partial charge is 0.573 e. The first-order valence-corrected chi connectivity index (χ1v) is 10.8. The molecule has 7 nitrogen and oxygen atoms in total. The molecule has 186 valence electrons. The zero-order valence-corrected chi connectivity index (χ0v) is 20.4. The minimum Gasteiger partial charge on any atom is -0.481 e. The minimum absolute atomic E-state index is 0.0643. The summed E-state index contributed by atoms with van der Waals surface area (Å²) in [6.07, 6.45) is -9.20. The van der Waals surface area contributed by atoms with Crippen molar-refractivity contribution in [3.05, 3.63) is 62.8 Å². The average Bonchev–Trinajstić information content (AvgIpc) is 2.75. The van der Waals surface area contributed by atoms with Crippen LogP contribution in [0.4, 0.5) is 43.5 Å². The highest BCUT2D eigenvalue weighted by atomic mass is 79.9. The summed E-state index contributed by atoms with van der Waals surface area (Å²) < 4.78 is 86.1. The van der Waals surface area contributed by atoms with E-state index in [1.807, 2.05) is 0 Å². The number of carbonyl (C=O) groups is 1. The van der Waals surface area contributed by atoms with E-state index in [0.717, 1.165) is 18.2 Å². The van der Waals surface area contributed by atoms with Crippen LogP contribution in [0.1, 0.15) is 15.9 Å². The van der Waals surface area contributed by atoms with Gasteiger partial charge in [0.15, 0.2) is 0 Å². The molecule has 0 atom stereocenters. The van der Waals surface area contributed by atoms with Crippen molar-refractivity contribution in [2.45, 2.75) is 12.5 Å². The third-order valence-corrected chi connectivity index (χ3v) is 5.43. The van der Waals surface area contributed by atoms with Gasteiger partial charge in [-0.2, -0.15) is 13.2 Å². The monoisotopic (exact) mass is 628 g/mol. The van der Waals surface area contributed by atoms with Crippen LogP contribution in [-0.2, 0) is 6.18 Å². The molecule has 15 heteroatoms. The summed E-state index contributed by atoms with van der Waals surface area (Å²) in [6.45, 7) is 0. The molecule has 0 aliphatic heterocycles. The van der Waals surface area contributed by atoms with Crippen molar-refractivity contribution in [1.29, 1.82) is 0 Å². The Morgan fingerprint density at radius 1 is 1.00 bits per heavy atom. The molecule has 1 amide bonds. The molecule has 0 saturated heterocycles. The number of nitrogens with one attached hydrogen (secondary N) is 2. The molecule has 0 bridgehead atoms. The van der Waals surface area contributed by atoms with Crippen LogP contribution in [0, 0.1) is 0 Å². The molecule has 1 aromatic carbocycles. The van der Waals surface area contributed by atoms with Gasteiger partial charge < -0.3 is 20.1 Å². The lowest BCUT2D eigenvalue weighted by molar-refractivity contribution is -0.274. The molecule has 0 saturated carbocycles. The second kappa shape index (κ2) is 10.3. The minimum atomic E-state index is -4.92. The lowest BCUT2D eigenvalue weighted by Crippen LogP contribution is -2.18. The van der Waals surface area contributed by atoms with Gasteiger partial charge in [0.05, 0.1) is 29.6 Å². The number of rotatable bonds is 6. The molecule has 0 fully saturated rings. The van der Waals surface area contributed by atoms with Gasteiger partial charge in [-0.1, -0.05) is 0 Å². The topological polar surface area (TPSA) is 85.4 Å². The van der Waals surface area contributed by atoms with Gasteiger partial charge in [0.1, 0.15) is 16.2 Å². The maximum absolute atomic E-state index is 13.3. The van der Waals surface area contributed by atoms with Gasteiger partial charge in [0, 0.05) is 16.7 Å². The fraction of sp³-hybridized carbons (Fsp3) is 0.150. The van der Waals surface area contributed by atoms with Crippen LogP contribution in [0.5, 0.6) is 11.6 Å². The Labute approximate surface area is 210 Å². The Balaban J connectivity index is 1.96. The van der Waals surface area contributed by atoms with Crippen LogP contribution in [0.25, 0.3) is 0 Å². The number of hydrogen-bond donors (Lipinski definition) is 2. The van der Waals surface area contributed by atoms with Crippen LogP contribution < -0.4 is 20.1 Å². The number of pyridine rings is 2. The normalized spacial score (nSPS) is 11.7. The van der Waals surface area contributed by atoms with Gasteiger partial charge in [-0.05, 0) is 62.2 Å². The zero-order chi connectivity index (χ0) is 26.0. The van der Waals surface area contributed by atoms with Crippen LogP contribution in [0.15, 0.2) is 51.7 Å². The highest BCUT2D eigenvalue weighted by molar-refractivity contribution is 9.10. The Kier molecular flexibility index (Phi) is 7.79. The molecule has 0 aliphatic carbocycles. The molecule has 35 heavy (non-hydrogen) atoms. The Morgan fingerprint density at radius 3 is 2.26 bits per heavy atom. The Bertz CT molecular complexity index is 1250. The van der Waals surface area contributed by atoms with E-state index in [0.29, 0.717) is 12.3 Å². The molecule has 3 rings (SSSR count). The number of halogens is 8. The molecule has 0 radical (unpaired) electrons. The predicted molar refractivity (Wildman–Crippen MR) is 120 cm³/mol.